The van der Waals surface area contributed by atoms with Crippen molar-refractivity contribution in [3.63, 3.8) is 0 Å². The van der Waals surface area contributed by atoms with Crippen molar-refractivity contribution in [3.8, 4) is 0 Å². The van der Waals surface area contributed by atoms with Crippen LogP contribution < -0.4 is 5.32 Å². The van der Waals surface area contributed by atoms with E-state index in [1.165, 1.54) is 9.80 Å². The number of hydrogen-bond donors (Lipinski definition) is 1. The molecule has 112 valence electrons. The van der Waals surface area contributed by atoms with E-state index in [4.69, 9.17) is 0 Å². The summed E-state index contributed by atoms with van der Waals surface area (Å²) in [5.74, 6) is -0.0773. The van der Waals surface area contributed by atoms with Gasteiger partial charge in [0.25, 0.3) is 0 Å². The fraction of sp³-hybridized carbons (Fsp3) is 0.769. The van der Waals surface area contributed by atoms with Crippen LogP contribution in [0.4, 0.5) is 4.79 Å². The fourth-order valence-electron chi connectivity index (χ4n) is 2.59. The Hall–Kier alpha value is -1.63. The number of urea groups is 1. The van der Waals surface area contributed by atoms with E-state index in [0.29, 0.717) is 25.4 Å². The predicted octanol–water partition coefficient (Wildman–Crippen LogP) is -0.519. The Balaban J connectivity index is 1.74. The van der Waals surface area contributed by atoms with Gasteiger partial charge in [0.15, 0.2) is 0 Å². The summed E-state index contributed by atoms with van der Waals surface area (Å²) in [6.45, 7) is 4.80. The average molecular weight is 282 g/mol. The maximum atomic E-state index is 12.0. The van der Waals surface area contributed by atoms with Gasteiger partial charge in [-0.3, -0.25) is 14.5 Å². The van der Waals surface area contributed by atoms with E-state index in [1.807, 2.05) is 4.90 Å². The molecule has 0 bridgehead atoms. The van der Waals surface area contributed by atoms with Gasteiger partial charge < -0.3 is 15.1 Å². The lowest BCUT2D eigenvalue weighted by atomic mass is 10.2. The van der Waals surface area contributed by atoms with Gasteiger partial charge in [-0.1, -0.05) is 0 Å². The van der Waals surface area contributed by atoms with E-state index in [2.05, 4.69) is 12.2 Å². The van der Waals surface area contributed by atoms with Gasteiger partial charge in [0.05, 0.1) is 0 Å². The molecule has 2 saturated heterocycles. The highest BCUT2D eigenvalue weighted by atomic mass is 16.2. The Bertz CT molecular complexity index is 412. The number of rotatable bonds is 4. The number of hydrogen-bond acceptors (Lipinski definition) is 4. The smallest absolute Gasteiger partial charge is 0.326 e. The molecule has 4 amide bonds. The third kappa shape index (κ3) is 3.27. The van der Waals surface area contributed by atoms with Crippen molar-refractivity contribution in [3.05, 3.63) is 0 Å². The molecule has 2 rings (SSSR count). The number of imide groups is 1. The second-order valence-corrected chi connectivity index (χ2v) is 5.48. The monoisotopic (exact) mass is 282 g/mol. The van der Waals surface area contributed by atoms with E-state index in [1.54, 1.807) is 7.05 Å². The molecule has 0 aromatic carbocycles. The average Bonchev–Trinajstić information content (AvgIpc) is 2.65. The summed E-state index contributed by atoms with van der Waals surface area (Å²) in [6.07, 6.45) is 0.913. The maximum Gasteiger partial charge on any atom is 0.326 e. The molecule has 0 radical (unpaired) electrons. The third-order valence-corrected chi connectivity index (χ3v) is 3.72. The number of amides is 4. The van der Waals surface area contributed by atoms with Crippen molar-refractivity contribution in [2.75, 3.05) is 39.8 Å². The van der Waals surface area contributed by atoms with Crippen molar-refractivity contribution in [1.82, 2.24) is 20.0 Å². The van der Waals surface area contributed by atoms with Crippen molar-refractivity contribution >= 4 is 17.8 Å². The lowest BCUT2D eigenvalue weighted by Gasteiger charge is -2.32. The fourth-order valence-corrected chi connectivity index (χ4v) is 2.59. The summed E-state index contributed by atoms with van der Waals surface area (Å²) >= 11 is 0. The first-order valence-electron chi connectivity index (χ1n) is 7.05. The number of carbonyl (C=O) groups is 3. The molecule has 0 spiro atoms. The first-order valence-corrected chi connectivity index (χ1v) is 7.05. The minimum Gasteiger partial charge on any atom is -0.340 e. The molecule has 2 fully saturated rings. The molecule has 2 heterocycles. The van der Waals surface area contributed by atoms with Gasteiger partial charge in [-0.05, 0) is 13.3 Å². The molecule has 0 aliphatic carbocycles. The Labute approximate surface area is 118 Å². The maximum absolute atomic E-state index is 12.0. The minimum atomic E-state index is -0.266. The Morgan fingerprint density at radius 1 is 1.40 bits per heavy atom. The first kappa shape index (κ1) is 14.8. The standard InChI is InChI=1S/C13H22N4O3/c1-10-8-16(7-5-14-10)11(18)4-3-6-17-12(19)9-15(2)13(17)20/h10,14H,3-9H2,1-2H3/t10-/m0/s1. The molecule has 0 saturated carbocycles. The van der Waals surface area contributed by atoms with Crippen LogP contribution in [0.5, 0.6) is 0 Å². The van der Waals surface area contributed by atoms with E-state index in [-0.39, 0.29) is 24.4 Å². The van der Waals surface area contributed by atoms with Crippen molar-refractivity contribution in [1.29, 1.82) is 0 Å². The van der Waals surface area contributed by atoms with Crippen molar-refractivity contribution < 1.29 is 14.4 Å². The normalized spacial score (nSPS) is 23.7. The van der Waals surface area contributed by atoms with E-state index in [9.17, 15) is 14.4 Å². The van der Waals surface area contributed by atoms with Gasteiger partial charge in [-0.25, -0.2) is 4.79 Å². The topological polar surface area (TPSA) is 73.0 Å². The Morgan fingerprint density at radius 3 is 2.75 bits per heavy atom. The molecule has 7 nitrogen and oxygen atoms in total. The van der Waals surface area contributed by atoms with Crippen molar-refractivity contribution in [2.45, 2.75) is 25.8 Å². The van der Waals surface area contributed by atoms with Gasteiger partial charge in [0.2, 0.25) is 11.8 Å². The van der Waals surface area contributed by atoms with E-state index in [0.717, 1.165) is 19.6 Å². The van der Waals surface area contributed by atoms with Crippen LogP contribution >= 0.6 is 0 Å². The van der Waals surface area contributed by atoms with Crippen LogP contribution in [-0.2, 0) is 9.59 Å². The summed E-state index contributed by atoms with van der Waals surface area (Å²) in [6, 6.07) is 0.0568. The molecule has 0 aromatic rings. The SMILES string of the molecule is C[C@H]1CN(C(=O)CCCN2C(=O)CN(C)C2=O)CCN1. The summed E-state index contributed by atoms with van der Waals surface area (Å²) in [4.78, 5) is 39.8. The highest BCUT2D eigenvalue weighted by Crippen LogP contribution is 2.10. The highest BCUT2D eigenvalue weighted by Gasteiger charge is 2.33. The third-order valence-electron chi connectivity index (χ3n) is 3.72. The van der Waals surface area contributed by atoms with Crippen LogP contribution in [0.1, 0.15) is 19.8 Å². The number of likely N-dealkylation sites (N-methyl/N-ethyl adjacent to an activating group) is 1. The van der Waals surface area contributed by atoms with E-state index < -0.39 is 0 Å². The second-order valence-electron chi connectivity index (χ2n) is 5.48. The summed E-state index contributed by atoms with van der Waals surface area (Å²) in [7, 11) is 1.60. The van der Waals surface area contributed by atoms with E-state index >= 15 is 0 Å². The number of nitrogens with zero attached hydrogens (tertiary/aromatic N) is 3. The second kappa shape index (κ2) is 6.21. The van der Waals surface area contributed by atoms with Crippen molar-refractivity contribution in [2.24, 2.45) is 0 Å². The lowest BCUT2D eigenvalue weighted by molar-refractivity contribution is -0.133. The number of piperazine rings is 1. The summed E-state index contributed by atoms with van der Waals surface area (Å²) < 4.78 is 0. The van der Waals surface area contributed by atoms with Crippen LogP contribution in [0.15, 0.2) is 0 Å². The molecule has 1 N–H and O–H groups in total. The number of carbonyl (C=O) groups excluding carboxylic acids is 3. The number of nitrogens with one attached hydrogen (secondary N) is 1. The summed E-state index contributed by atoms with van der Waals surface area (Å²) in [5, 5.41) is 3.29. The molecule has 0 unspecified atom stereocenters. The zero-order valence-corrected chi connectivity index (χ0v) is 12.1. The molecule has 1 atom stereocenters. The van der Waals surface area contributed by atoms with Crippen LogP contribution in [0.25, 0.3) is 0 Å². The van der Waals surface area contributed by atoms with Gasteiger partial charge >= 0.3 is 6.03 Å². The molecule has 2 aliphatic rings. The lowest BCUT2D eigenvalue weighted by Crippen LogP contribution is -2.51. The largest absolute Gasteiger partial charge is 0.340 e. The molecule has 0 aromatic heterocycles. The van der Waals surface area contributed by atoms with Crippen LogP contribution in [0.2, 0.25) is 0 Å². The van der Waals surface area contributed by atoms with Gasteiger partial charge in [-0.2, -0.15) is 0 Å². The molecular formula is C13H22N4O3. The zero-order chi connectivity index (χ0) is 14.7. The molecular weight excluding hydrogens is 260 g/mol. The van der Waals surface area contributed by atoms with Gasteiger partial charge in [0, 0.05) is 45.7 Å². The molecule has 7 heteroatoms. The summed E-state index contributed by atoms with van der Waals surface area (Å²) in [5.41, 5.74) is 0. The Morgan fingerprint density at radius 2 is 2.15 bits per heavy atom. The zero-order valence-electron chi connectivity index (χ0n) is 12.1. The highest BCUT2D eigenvalue weighted by molar-refractivity contribution is 6.01. The van der Waals surface area contributed by atoms with Crippen LogP contribution in [-0.4, -0.2) is 78.4 Å². The quantitative estimate of drug-likeness (QED) is 0.704. The molecule has 2 aliphatic heterocycles. The van der Waals surface area contributed by atoms with Crippen LogP contribution in [0, 0.1) is 0 Å². The van der Waals surface area contributed by atoms with Gasteiger partial charge in [0.1, 0.15) is 6.54 Å². The molecule has 20 heavy (non-hydrogen) atoms. The Kier molecular flexibility index (Phi) is 4.59. The predicted molar refractivity (Wildman–Crippen MR) is 73.0 cm³/mol. The van der Waals surface area contributed by atoms with Gasteiger partial charge in [-0.15, -0.1) is 0 Å². The van der Waals surface area contributed by atoms with Crippen LogP contribution in [0.3, 0.4) is 0 Å². The minimum absolute atomic E-state index is 0.103. The first-order chi connectivity index (χ1) is 9.49.